The van der Waals surface area contributed by atoms with Crippen LogP contribution < -0.4 is 9.64 Å². The van der Waals surface area contributed by atoms with Crippen molar-refractivity contribution in [3.8, 4) is 5.75 Å². The summed E-state index contributed by atoms with van der Waals surface area (Å²) in [5.41, 5.74) is 1.81. The summed E-state index contributed by atoms with van der Waals surface area (Å²) in [5.74, 6) is -0.810. The van der Waals surface area contributed by atoms with Crippen molar-refractivity contribution in [2.45, 2.75) is 19.5 Å². The molecule has 1 unspecified atom stereocenters. The van der Waals surface area contributed by atoms with E-state index in [2.05, 4.69) is 0 Å². The molecule has 0 aromatic heterocycles. The van der Waals surface area contributed by atoms with E-state index in [1.54, 1.807) is 30.1 Å². The third-order valence-electron chi connectivity index (χ3n) is 4.97. The summed E-state index contributed by atoms with van der Waals surface area (Å²) in [7, 11) is 4.37. The van der Waals surface area contributed by atoms with E-state index in [9.17, 15) is 14.0 Å². The first kappa shape index (κ1) is 19.9. The maximum Gasteiger partial charge on any atom is 0.337 e. The fourth-order valence-electron chi connectivity index (χ4n) is 3.20. The van der Waals surface area contributed by atoms with E-state index >= 15 is 0 Å². The molecule has 2 aromatic carbocycles. The van der Waals surface area contributed by atoms with Gasteiger partial charge in [0.05, 0.1) is 43.1 Å². The molecule has 1 atom stereocenters. The van der Waals surface area contributed by atoms with Crippen molar-refractivity contribution in [1.29, 1.82) is 0 Å². The summed E-state index contributed by atoms with van der Waals surface area (Å²) < 4.78 is 24.4. The third kappa shape index (κ3) is 3.38. The van der Waals surface area contributed by atoms with Crippen molar-refractivity contribution in [3.05, 3.63) is 57.9 Å². The fraction of sp³-hybridized carbons (Fsp3) is 0.300. The lowest BCUT2D eigenvalue weighted by Gasteiger charge is -2.39. The van der Waals surface area contributed by atoms with Crippen LogP contribution >= 0.6 is 11.6 Å². The Morgan fingerprint density at radius 2 is 1.96 bits per heavy atom. The second kappa shape index (κ2) is 7.67. The number of fused-ring (bicyclic) bond motifs is 1. The average Bonchev–Trinajstić information content (AvgIpc) is 2.69. The molecule has 28 heavy (non-hydrogen) atoms. The zero-order valence-electron chi connectivity index (χ0n) is 16.0. The molecule has 0 spiro atoms. The second-order valence-corrected chi connectivity index (χ2v) is 6.90. The Morgan fingerprint density at radius 1 is 1.25 bits per heavy atom. The maximum atomic E-state index is 14.6. The fourth-order valence-corrected chi connectivity index (χ4v) is 3.46. The van der Waals surface area contributed by atoms with E-state index in [0.29, 0.717) is 11.3 Å². The lowest BCUT2D eigenvalue weighted by Crippen LogP contribution is -2.46. The van der Waals surface area contributed by atoms with E-state index in [4.69, 9.17) is 21.1 Å². The summed E-state index contributed by atoms with van der Waals surface area (Å²) in [5, 5.41) is 0.150. The summed E-state index contributed by atoms with van der Waals surface area (Å²) in [6.45, 7) is 1.79. The zero-order chi connectivity index (χ0) is 20.6. The van der Waals surface area contributed by atoms with Gasteiger partial charge in [0.15, 0.2) is 0 Å². The number of anilines is 1. The minimum Gasteiger partial charge on any atom is -0.497 e. The molecule has 0 bridgehead atoms. The van der Waals surface area contributed by atoms with Crippen LogP contribution in [-0.4, -0.2) is 38.2 Å². The van der Waals surface area contributed by atoms with Gasteiger partial charge in [0.25, 0.3) is 0 Å². The second-order valence-electron chi connectivity index (χ2n) is 6.49. The van der Waals surface area contributed by atoms with Crippen LogP contribution in [0.15, 0.2) is 30.3 Å². The van der Waals surface area contributed by atoms with Gasteiger partial charge in [-0.05, 0) is 30.7 Å². The first-order valence-corrected chi connectivity index (χ1v) is 8.94. The summed E-state index contributed by atoms with van der Waals surface area (Å²) in [4.78, 5) is 27.8. The van der Waals surface area contributed by atoms with Crippen molar-refractivity contribution >= 4 is 29.3 Å². The van der Waals surface area contributed by atoms with Gasteiger partial charge in [-0.3, -0.25) is 4.90 Å². The highest BCUT2D eigenvalue weighted by molar-refractivity contribution is 6.31. The molecule has 0 saturated heterocycles. The number of urea groups is 1. The van der Waals surface area contributed by atoms with Crippen molar-refractivity contribution in [3.63, 3.8) is 0 Å². The standard InChI is InChI=1S/C20H20ClFN2O4/c1-11-14-6-5-12(19(25)28-4)7-18(14)24(20(26)23(11)2)10-15-16(21)8-13(27-3)9-17(15)22/h5-9,11H,10H2,1-4H3. The van der Waals surface area contributed by atoms with Crippen LogP contribution in [0.25, 0.3) is 0 Å². The van der Waals surface area contributed by atoms with E-state index in [0.717, 1.165) is 5.56 Å². The monoisotopic (exact) mass is 406 g/mol. The molecule has 8 heteroatoms. The third-order valence-corrected chi connectivity index (χ3v) is 5.31. The van der Waals surface area contributed by atoms with Crippen LogP contribution in [0.3, 0.4) is 0 Å². The number of rotatable bonds is 4. The van der Waals surface area contributed by atoms with Gasteiger partial charge in [0.1, 0.15) is 11.6 Å². The lowest BCUT2D eigenvalue weighted by molar-refractivity contribution is 0.0600. The molecule has 3 rings (SSSR count). The van der Waals surface area contributed by atoms with E-state index < -0.39 is 11.8 Å². The molecule has 0 aliphatic carbocycles. The minimum absolute atomic E-state index is 0.0951. The van der Waals surface area contributed by atoms with Crippen LogP contribution in [-0.2, 0) is 11.3 Å². The van der Waals surface area contributed by atoms with Crippen molar-refractivity contribution < 1.29 is 23.5 Å². The molecule has 0 N–H and O–H groups in total. The van der Waals surface area contributed by atoms with Gasteiger partial charge in [-0.1, -0.05) is 17.7 Å². The predicted molar refractivity (Wildman–Crippen MR) is 104 cm³/mol. The Morgan fingerprint density at radius 3 is 2.57 bits per heavy atom. The van der Waals surface area contributed by atoms with Crippen LogP contribution in [0, 0.1) is 5.82 Å². The Kier molecular flexibility index (Phi) is 5.47. The highest BCUT2D eigenvalue weighted by atomic mass is 35.5. The van der Waals surface area contributed by atoms with Gasteiger partial charge in [0, 0.05) is 18.7 Å². The summed E-state index contributed by atoms with van der Waals surface area (Å²) in [6.07, 6.45) is 0. The van der Waals surface area contributed by atoms with Gasteiger partial charge in [-0.2, -0.15) is 0 Å². The van der Waals surface area contributed by atoms with Gasteiger partial charge in [-0.25, -0.2) is 14.0 Å². The van der Waals surface area contributed by atoms with Crippen LogP contribution in [0.2, 0.25) is 5.02 Å². The highest BCUT2D eigenvalue weighted by Gasteiger charge is 2.34. The highest BCUT2D eigenvalue weighted by Crippen LogP contribution is 2.38. The summed E-state index contributed by atoms with van der Waals surface area (Å²) in [6, 6.07) is 7.17. The zero-order valence-corrected chi connectivity index (χ0v) is 16.7. The quantitative estimate of drug-likeness (QED) is 0.706. The molecule has 1 heterocycles. The number of carbonyl (C=O) groups excluding carboxylic acids is 2. The molecule has 6 nitrogen and oxygen atoms in total. The number of benzene rings is 2. The number of carbonyl (C=O) groups is 2. The Balaban J connectivity index is 2.10. The SMILES string of the molecule is COC(=O)c1ccc2c(c1)N(Cc1c(F)cc(OC)cc1Cl)C(=O)N(C)C2C. The van der Waals surface area contributed by atoms with E-state index in [1.165, 1.54) is 31.3 Å². The number of halogens is 2. The van der Waals surface area contributed by atoms with Gasteiger partial charge in [-0.15, -0.1) is 0 Å². The molecule has 0 radical (unpaired) electrons. The van der Waals surface area contributed by atoms with Crippen molar-refractivity contribution in [1.82, 2.24) is 4.90 Å². The van der Waals surface area contributed by atoms with E-state index in [1.807, 2.05) is 6.92 Å². The number of nitrogens with zero attached hydrogens (tertiary/aromatic N) is 2. The van der Waals surface area contributed by atoms with Crippen LogP contribution in [0.1, 0.15) is 34.5 Å². The van der Waals surface area contributed by atoms with Gasteiger partial charge in [0.2, 0.25) is 0 Å². The van der Waals surface area contributed by atoms with Crippen LogP contribution in [0.4, 0.5) is 14.9 Å². The number of ether oxygens (including phenoxy) is 2. The maximum absolute atomic E-state index is 14.6. The number of esters is 1. The number of amides is 2. The molecule has 2 amide bonds. The topological polar surface area (TPSA) is 59.1 Å². The minimum atomic E-state index is -0.580. The van der Waals surface area contributed by atoms with Gasteiger partial charge >= 0.3 is 12.0 Å². The molecule has 1 aliphatic heterocycles. The van der Waals surface area contributed by atoms with Crippen molar-refractivity contribution in [2.75, 3.05) is 26.2 Å². The summed E-state index contributed by atoms with van der Waals surface area (Å²) >= 11 is 6.23. The Bertz CT molecular complexity index is 927. The largest absolute Gasteiger partial charge is 0.497 e. The normalized spacial score (nSPS) is 16.1. The molecule has 1 aliphatic rings. The molecule has 0 fully saturated rings. The molecule has 148 valence electrons. The molecular weight excluding hydrogens is 387 g/mol. The number of methoxy groups -OCH3 is 2. The van der Waals surface area contributed by atoms with Gasteiger partial charge < -0.3 is 14.4 Å². The number of hydrogen-bond donors (Lipinski definition) is 0. The first-order chi connectivity index (χ1) is 13.3. The number of hydrogen-bond acceptors (Lipinski definition) is 4. The smallest absolute Gasteiger partial charge is 0.337 e. The molecular formula is C20H20ClFN2O4. The predicted octanol–water partition coefficient (Wildman–Crippen LogP) is 4.41. The van der Waals surface area contributed by atoms with Crippen LogP contribution in [0.5, 0.6) is 5.75 Å². The Hall–Kier alpha value is -2.80. The Labute approximate surface area is 167 Å². The average molecular weight is 407 g/mol. The lowest BCUT2D eigenvalue weighted by atomic mass is 9.98. The van der Waals surface area contributed by atoms with Crippen molar-refractivity contribution in [2.24, 2.45) is 0 Å². The molecule has 2 aromatic rings. The molecule has 0 saturated carbocycles. The first-order valence-electron chi connectivity index (χ1n) is 8.57. The van der Waals surface area contributed by atoms with E-state index in [-0.39, 0.29) is 35.0 Å².